The molecule has 2 atom stereocenters. The summed E-state index contributed by atoms with van der Waals surface area (Å²) in [7, 11) is 0. The maximum atomic E-state index is 11.1. The molecule has 0 saturated carbocycles. The average molecular weight is 398 g/mol. The molecule has 0 bridgehead atoms. The van der Waals surface area contributed by atoms with E-state index in [1.54, 1.807) is 5.48 Å². The Kier molecular flexibility index (Phi) is 7.55. The van der Waals surface area contributed by atoms with Crippen LogP contribution in [0.25, 0.3) is 0 Å². The van der Waals surface area contributed by atoms with Gasteiger partial charge in [-0.3, -0.25) is 20.1 Å². The fourth-order valence-corrected chi connectivity index (χ4v) is 4.31. The Labute approximate surface area is 172 Å². The van der Waals surface area contributed by atoms with Crippen LogP contribution in [0.4, 0.5) is 4.79 Å². The molecule has 29 heavy (non-hydrogen) atoms. The lowest BCUT2D eigenvalue weighted by Gasteiger charge is -2.42. The van der Waals surface area contributed by atoms with Crippen molar-refractivity contribution in [2.75, 3.05) is 13.1 Å². The molecule has 2 amide bonds. The van der Waals surface area contributed by atoms with Crippen LogP contribution >= 0.6 is 0 Å². The topological polar surface area (TPSA) is 90.4 Å². The number of aryl methyl sites for hydroxylation is 2. The molecule has 2 aromatic heterocycles. The molecule has 2 aromatic rings. The number of hydroxylamine groups is 1. The zero-order valence-electron chi connectivity index (χ0n) is 17.3. The van der Waals surface area contributed by atoms with Crippen LogP contribution in [0, 0.1) is 13.8 Å². The molecule has 1 aliphatic rings. The first-order chi connectivity index (χ1) is 14.1. The molecule has 0 aliphatic carbocycles. The maximum Gasteiger partial charge on any atom is 0.338 e. The van der Waals surface area contributed by atoms with Crippen LogP contribution in [0.3, 0.4) is 0 Å². The van der Waals surface area contributed by atoms with E-state index in [2.05, 4.69) is 36.2 Å². The first kappa shape index (κ1) is 21.2. The molecule has 0 aromatic carbocycles. The predicted molar refractivity (Wildman–Crippen MR) is 112 cm³/mol. The number of aromatic nitrogens is 2. The average Bonchev–Trinajstić information content (AvgIpc) is 2.74. The molecule has 1 saturated heterocycles. The Bertz CT molecular complexity index is 760. The number of urea groups is 1. The van der Waals surface area contributed by atoms with E-state index < -0.39 is 6.03 Å². The smallest absolute Gasteiger partial charge is 0.336 e. The third-order valence-electron chi connectivity index (χ3n) is 5.72. The molecule has 0 spiro atoms. The van der Waals surface area contributed by atoms with Crippen LogP contribution < -0.4 is 10.8 Å². The Balaban J connectivity index is 1.79. The zero-order chi connectivity index (χ0) is 20.6. The van der Waals surface area contributed by atoms with Crippen LogP contribution in [0.15, 0.2) is 36.7 Å². The molecule has 1 fully saturated rings. The Morgan fingerprint density at radius 1 is 1.07 bits per heavy atom. The second-order valence-electron chi connectivity index (χ2n) is 7.69. The van der Waals surface area contributed by atoms with Crippen molar-refractivity contribution in [3.8, 4) is 0 Å². The predicted octanol–water partition coefficient (Wildman–Crippen LogP) is 3.83. The lowest BCUT2D eigenvalue weighted by atomic mass is 9.88. The summed E-state index contributed by atoms with van der Waals surface area (Å²) in [5, 5.41) is 11.2. The van der Waals surface area contributed by atoms with E-state index in [0.29, 0.717) is 6.54 Å². The van der Waals surface area contributed by atoms with E-state index in [-0.39, 0.29) is 12.1 Å². The van der Waals surface area contributed by atoms with Gasteiger partial charge in [0.15, 0.2) is 0 Å². The van der Waals surface area contributed by atoms with Crippen LogP contribution in [-0.2, 0) is 0 Å². The standard InChI is InChI=1S/C22H31N5O2/c1-16-8-6-13-23-20(16)18-10-5-11-19(21-17(2)9-7-14-24-21)27(18)15-4-3-12-25-22(28)26-29/h6-9,13-14,18-19,29H,3-5,10-12,15H2,1-2H3,(H2,25,26,28)/t18-,19+. The lowest BCUT2D eigenvalue weighted by Crippen LogP contribution is -2.39. The van der Waals surface area contributed by atoms with Gasteiger partial charge in [-0.1, -0.05) is 12.1 Å². The number of unbranched alkanes of at least 4 members (excludes halogenated alkanes) is 1. The fraction of sp³-hybridized carbons (Fsp3) is 0.500. The number of nitrogens with zero attached hydrogens (tertiary/aromatic N) is 3. The minimum atomic E-state index is -0.563. The SMILES string of the molecule is Cc1cccnc1[C@H]1CCC[C@@H](c2ncccc2C)N1CCCCNC(=O)NO. The van der Waals surface area contributed by atoms with Gasteiger partial charge in [0.2, 0.25) is 0 Å². The number of rotatable bonds is 7. The quantitative estimate of drug-likeness (QED) is 0.375. The van der Waals surface area contributed by atoms with Crippen LogP contribution in [0.1, 0.15) is 66.7 Å². The van der Waals surface area contributed by atoms with Gasteiger partial charge < -0.3 is 5.32 Å². The van der Waals surface area contributed by atoms with Gasteiger partial charge in [-0.25, -0.2) is 10.3 Å². The third-order valence-corrected chi connectivity index (χ3v) is 5.72. The molecule has 7 heteroatoms. The van der Waals surface area contributed by atoms with Crippen LogP contribution in [0.2, 0.25) is 0 Å². The molecule has 0 radical (unpaired) electrons. The van der Waals surface area contributed by atoms with Crippen molar-refractivity contribution < 1.29 is 10.0 Å². The number of pyridine rings is 2. The van der Waals surface area contributed by atoms with Crippen LogP contribution in [-0.4, -0.2) is 39.2 Å². The number of carbonyl (C=O) groups excluding carboxylic acids is 1. The molecule has 3 N–H and O–H groups in total. The number of likely N-dealkylation sites (tertiary alicyclic amines) is 1. The zero-order valence-corrected chi connectivity index (χ0v) is 17.3. The molecule has 3 rings (SSSR count). The molecule has 1 aliphatic heterocycles. The summed E-state index contributed by atoms with van der Waals surface area (Å²) in [4.78, 5) is 23.1. The van der Waals surface area contributed by atoms with E-state index in [4.69, 9.17) is 15.2 Å². The number of amides is 2. The highest BCUT2D eigenvalue weighted by molar-refractivity contribution is 5.72. The Hall–Kier alpha value is -2.51. The summed E-state index contributed by atoms with van der Waals surface area (Å²) in [5.41, 5.74) is 6.36. The van der Waals surface area contributed by atoms with Gasteiger partial charge in [-0.15, -0.1) is 0 Å². The molecule has 3 heterocycles. The third kappa shape index (κ3) is 5.31. The van der Waals surface area contributed by atoms with Crippen LogP contribution in [0.5, 0.6) is 0 Å². The molecular formula is C22H31N5O2. The van der Waals surface area contributed by atoms with Gasteiger partial charge >= 0.3 is 6.03 Å². The lowest BCUT2D eigenvalue weighted by molar-refractivity contribution is 0.0742. The summed E-state index contributed by atoms with van der Waals surface area (Å²) in [6.07, 6.45) is 8.87. The van der Waals surface area contributed by atoms with Crippen molar-refractivity contribution in [2.45, 2.75) is 58.0 Å². The summed E-state index contributed by atoms with van der Waals surface area (Å²) in [6, 6.07) is 8.22. The molecular weight excluding hydrogens is 366 g/mol. The molecule has 7 nitrogen and oxygen atoms in total. The largest absolute Gasteiger partial charge is 0.338 e. The minimum absolute atomic E-state index is 0.269. The number of hydrogen-bond donors (Lipinski definition) is 3. The van der Waals surface area contributed by atoms with Crippen molar-refractivity contribution in [2.24, 2.45) is 0 Å². The number of carbonyl (C=O) groups is 1. The summed E-state index contributed by atoms with van der Waals surface area (Å²) >= 11 is 0. The first-order valence-corrected chi connectivity index (χ1v) is 10.4. The van der Waals surface area contributed by atoms with Crippen molar-refractivity contribution >= 4 is 6.03 Å². The minimum Gasteiger partial charge on any atom is -0.336 e. The van der Waals surface area contributed by atoms with Gasteiger partial charge in [-0.2, -0.15) is 0 Å². The summed E-state index contributed by atoms with van der Waals surface area (Å²) < 4.78 is 0. The van der Waals surface area contributed by atoms with Gasteiger partial charge in [-0.05, 0) is 75.8 Å². The number of hydrogen-bond acceptors (Lipinski definition) is 5. The van der Waals surface area contributed by atoms with E-state index in [1.807, 2.05) is 24.5 Å². The van der Waals surface area contributed by atoms with E-state index >= 15 is 0 Å². The highest BCUT2D eigenvalue weighted by atomic mass is 16.5. The molecule has 0 unspecified atom stereocenters. The maximum absolute atomic E-state index is 11.1. The summed E-state index contributed by atoms with van der Waals surface area (Å²) in [5.74, 6) is 0. The summed E-state index contributed by atoms with van der Waals surface area (Å²) in [6.45, 7) is 5.70. The van der Waals surface area contributed by atoms with E-state index in [1.165, 1.54) is 11.1 Å². The van der Waals surface area contributed by atoms with Gasteiger partial charge in [0.1, 0.15) is 0 Å². The first-order valence-electron chi connectivity index (χ1n) is 10.4. The Morgan fingerprint density at radius 3 is 2.17 bits per heavy atom. The van der Waals surface area contributed by atoms with Gasteiger partial charge in [0.05, 0.1) is 23.5 Å². The molecule has 156 valence electrons. The van der Waals surface area contributed by atoms with E-state index in [0.717, 1.165) is 50.0 Å². The van der Waals surface area contributed by atoms with Crippen molar-refractivity contribution in [1.82, 2.24) is 25.7 Å². The highest BCUT2D eigenvalue weighted by Gasteiger charge is 2.34. The number of nitrogens with one attached hydrogen (secondary N) is 2. The second kappa shape index (κ2) is 10.3. The number of piperidine rings is 1. The van der Waals surface area contributed by atoms with Crippen molar-refractivity contribution in [1.29, 1.82) is 0 Å². The van der Waals surface area contributed by atoms with Crippen molar-refractivity contribution in [3.63, 3.8) is 0 Å². The van der Waals surface area contributed by atoms with Crippen molar-refractivity contribution in [3.05, 3.63) is 59.2 Å². The Morgan fingerprint density at radius 2 is 1.66 bits per heavy atom. The normalized spacial score (nSPS) is 19.7. The highest BCUT2D eigenvalue weighted by Crippen LogP contribution is 2.42. The van der Waals surface area contributed by atoms with Gasteiger partial charge in [0.25, 0.3) is 0 Å². The fourth-order valence-electron chi connectivity index (χ4n) is 4.31. The second-order valence-corrected chi connectivity index (χ2v) is 7.69. The monoisotopic (exact) mass is 397 g/mol. The van der Waals surface area contributed by atoms with E-state index in [9.17, 15) is 4.79 Å². The van der Waals surface area contributed by atoms with Gasteiger partial charge in [0, 0.05) is 18.9 Å².